The van der Waals surface area contributed by atoms with Crippen LogP contribution in [0.2, 0.25) is 0 Å². The van der Waals surface area contributed by atoms with E-state index in [0.29, 0.717) is 26.1 Å². The molecule has 0 saturated heterocycles. The minimum absolute atomic E-state index is 0.293. The first-order valence-corrected chi connectivity index (χ1v) is 7.66. The Morgan fingerprint density at radius 2 is 2.00 bits per heavy atom. The van der Waals surface area contributed by atoms with E-state index in [1.54, 1.807) is 0 Å². The van der Waals surface area contributed by atoms with Crippen molar-refractivity contribution in [2.24, 2.45) is 0 Å². The van der Waals surface area contributed by atoms with Crippen molar-refractivity contribution in [1.82, 2.24) is 19.4 Å². The van der Waals surface area contributed by atoms with E-state index < -0.39 is 16.0 Å². The first-order valence-electron chi connectivity index (χ1n) is 6.22. The number of carboxylic acids is 1. The second-order valence-electron chi connectivity index (χ2n) is 4.63. The highest BCUT2D eigenvalue weighted by Gasteiger charge is 2.30. The lowest BCUT2D eigenvalue weighted by atomic mass is 10.4. The summed E-state index contributed by atoms with van der Waals surface area (Å²) < 4.78 is 26.3. The second kappa shape index (κ2) is 6.82. The molecule has 1 aromatic heterocycles. The summed E-state index contributed by atoms with van der Waals surface area (Å²) in [4.78, 5) is 12.9. The van der Waals surface area contributed by atoms with Crippen LogP contribution in [0.1, 0.15) is 23.7 Å². The molecule has 0 aliphatic carbocycles. The maximum absolute atomic E-state index is 12.5. The first kappa shape index (κ1) is 16.6. The molecular formula is C11H20N4O4S. The lowest BCUT2D eigenvalue weighted by Gasteiger charge is -2.22. The number of carbonyl (C=O) groups is 1. The Kier molecular flexibility index (Phi) is 5.66. The van der Waals surface area contributed by atoms with Gasteiger partial charge in [-0.15, -0.1) is 0 Å². The fourth-order valence-corrected chi connectivity index (χ4v) is 3.25. The maximum atomic E-state index is 12.5. The number of H-pyrrole nitrogens is 1. The third-order valence-corrected chi connectivity index (χ3v) is 4.57. The van der Waals surface area contributed by atoms with Gasteiger partial charge in [0.1, 0.15) is 5.56 Å². The molecule has 1 heterocycles. The zero-order chi connectivity index (χ0) is 15.3. The normalized spacial score (nSPS) is 12.2. The van der Waals surface area contributed by atoms with E-state index in [1.807, 2.05) is 25.9 Å². The van der Waals surface area contributed by atoms with Crippen LogP contribution < -0.4 is 0 Å². The molecule has 20 heavy (non-hydrogen) atoms. The van der Waals surface area contributed by atoms with Gasteiger partial charge >= 0.3 is 5.97 Å². The fraction of sp³-hybridized carbons (Fsp3) is 0.636. The van der Waals surface area contributed by atoms with Crippen LogP contribution in [0, 0.1) is 0 Å². The highest BCUT2D eigenvalue weighted by molar-refractivity contribution is 7.89. The van der Waals surface area contributed by atoms with Gasteiger partial charge in [0.25, 0.3) is 10.0 Å². The highest BCUT2D eigenvalue weighted by Crippen LogP contribution is 2.17. The van der Waals surface area contributed by atoms with Crippen molar-refractivity contribution in [3.05, 3.63) is 11.8 Å². The van der Waals surface area contributed by atoms with Gasteiger partial charge in [0, 0.05) is 19.6 Å². The van der Waals surface area contributed by atoms with Crippen molar-refractivity contribution < 1.29 is 18.3 Å². The fourth-order valence-electron chi connectivity index (χ4n) is 1.67. The third kappa shape index (κ3) is 3.78. The second-order valence-corrected chi connectivity index (χ2v) is 6.50. The number of aromatic amines is 1. The van der Waals surface area contributed by atoms with Gasteiger partial charge in [-0.3, -0.25) is 5.10 Å². The number of nitrogens with one attached hydrogen (secondary N) is 1. The summed E-state index contributed by atoms with van der Waals surface area (Å²) in [5.41, 5.74) is -0.337. The van der Waals surface area contributed by atoms with Gasteiger partial charge in [0.2, 0.25) is 0 Å². The van der Waals surface area contributed by atoms with Gasteiger partial charge in [-0.2, -0.15) is 9.40 Å². The SMILES string of the molecule is CCCN(CCN(C)C)S(=O)(=O)c1[nH]ncc1C(=O)O. The van der Waals surface area contributed by atoms with Crippen LogP contribution in [0.3, 0.4) is 0 Å². The number of rotatable bonds is 8. The molecule has 0 saturated carbocycles. The lowest BCUT2D eigenvalue weighted by Crippen LogP contribution is -2.37. The van der Waals surface area contributed by atoms with Crippen LogP contribution in [0.25, 0.3) is 0 Å². The molecule has 0 spiro atoms. The van der Waals surface area contributed by atoms with Gasteiger partial charge in [-0.1, -0.05) is 6.92 Å². The summed E-state index contributed by atoms with van der Waals surface area (Å²) in [5.74, 6) is -1.32. The van der Waals surface area contributed by atoms with E-state index in [2.05, 4.69) is 10.2 Å². The quantitative estimate of drug-likeness (QED) is 0.704. The number of aromatic carboxylic acids is 1. The van der Waals surface area contributed by atoms with Crippen LogP contribution in [0.5, 0.6) is 0 Å². The largest absolute Gasteiger partial charge is 0.478 e. The van der Waals surface area contributed by atoms with E-state index in [4.69, 9.17) is 5.11 Å². The number of hydrogen-bond donors (Lipinski definition) is 2. The minimum atomic E-state index is -3.88. The summed E-state index contributed by atoms with van der Waals surface area (Å²) in [5, 5.41) is 14.4. The predicted octanol–water partition coefficient (Wildman–Crippen LogP) is 0.0702. The Morgan fingerprint density at radius 1 is 1.35 bits per heavy atom. The molecule has 0 amide bonds. The van der Waals surface area contributed by atoms with Crippen LogP contribution >= 0.6 is 0 Å². The molecule has 0 bridgehead atoms. The number of hydrogen-bond acceptors (Lipinski definition) is 5. The molecule has 0 atom stereocenters. The Balaban J connectivity index is 3.09. The molecule has 1 aromatic rings. The molecule has 2 N–H and O–H groups in total. The summed E-state index contributed by atoms with van der Waals surface area (Å²) >= 11 is 0. The van der Waals surface area contributed by atoms with E-state index >= 15 is 0 Å². The molecule has 0 radical (unpaired) electrons. The lowest BCUT2D eigenvalue weighted by molar-refractivity contribution is 0.0692. The maximum Gasteiger partial charge on any atom is 0.340 e. The van der Waals surface area contributed by atoms with Gasteiger partial charge in [-0.25, -0.2) is 13.2 Å². The Labute approximate surface area is 118 Å². The molecule has 8 nitrogen and oxygen atoms in total. The molecule has 0 aliphatic rings. The van der Waals surface area contributed by atoms with Gasteiger partial charge in [-0.05, 0) is 20.5 Å². The first-order chi connectivity index (χ1) is 9.30. The summed E-state index contributed by atoms with van der Waals surface area (Å²) in [6, 6.07) is 0. The number of carboxylic acid groups (broad SMARTS) is 1. The molecule has 0 aromatic carbocycles. The van der Waals surface area contributed by atoms with Crippen LogP contribution in [-0.4, -0.2) is 72.6 Å². The number of sulfonamides is 1. The van der Waals surface area contributed by atoms with Crippen molar-refractivity contribution in [2.45, 2.75) is 18.4 Å². The monoisotopic (exact) mass is 304 g/mol. The topological polar surface area (TPSA) is 107 Å². The Hall–Kier alpha value is -1.45. The molecule has 9 heteroatoms. The summed E-state index contributed by atoms with van der Waals surface area (Å²) in [7, 11) is -0.198. The number of likely N-dealkylation sites (N-methyl/N-ethyl adjacent to an activating group) is 1. The molecule has 0 fully saturated rings. The highest BCUT2D eigenvalue weighted by atomic mass is 32.2. The van der Waals surface area contributed by atoms with Gasteiger partial charge in [0.15, 0.2) is 5.03 Å². The van der Waals surface area contributed by atoms with Crippen molar-refractivity contribution in [3.8, 4) is 0 Å². The van der Waals surface area contributed by atoms with Crippen LogP contribution in [0.4, 0.5) is 0 Å². The predicted molar refractivity (Wildman–Crippen MR) is 73.2 cm³/mol. The minimum Gasteiger partial charge on any atom is -0.478 e. The molecule has 1 rings (SSSR count). The average Bonchev–Trinajstić information content (AvgIpc) is 2.83. The van der Waals surface area contributed by atoms with Gasteiger partial charge in [0.05, 0.1) is 6.20 Å². The number of nitrogens with zero attached hydrogens (tertiary/aromatic N) is 3. The zero-order valence-electron chi connectivity index (χ0n) is 11.8. The molecule has 0 aliphatic heterocycles. The van der Waals surface area contributed by atoms with E-state index in [1.165, 1.54) is 4.31 Å². The van der Waals surface area contributed by atoms with E-state index in [9.17, 15) is 13.2 Å². The molecular weight excluding hydrogens is 284 g/mol. The standard InChI is InChI=1S/C11H20N4O4S/c1-4-5-15(7-6-14(2)3)20(18,19)10-9(11(16)17)8-12-13-10/h8H,4-7H2,1-3H3,(H,12,13)(H,16,17). The van der Waals surface area contributed by atoms with Crippen molar-refractivity contribution in [2.75, 3.05) is 33.7 Å². The van der Waals surface area contributed by atoms with Crippen LogP contribution in [-0.2, 0) is 10.0 Å². The van der Waals surface area contributed by atoms with Gasteiger partial charge < -0.3 is 10.0 Å². The van der Waals surface area contributed by atoms with Crippen LogP contribution in [0.15, 0.2) is 11.2 Å². The van der Waals surface area contributed by atoms with Crippen molar-refractivity contribution in [3.63, 3.8) is 0 Å². The van der Waals surface area contributed by atoms with E-state index in [0.717, 1.165) is 6.20 Å². The Bertz CT molecular complexity index is 553. The summed E-state index contributed by atoms with van der Waals surface area (Å²) in [6.45, 7) is 3.04. The molecule has 114 valence electrons. The Morgan fingerprint density at radius 3 is 2.50 bits per heavy atom. The summed E-state index contributed by atoms with van der Waals surface area (Å²) in [6.07, 6.45) is 1.65. The zero-order valence-corrected chi connectivity index (χ0v) is 12.6. The molecule has 0 unspecified atom stereocenters. The number of aromatic nitrogens is 2. The smallest absolute Gasteiger partial charge is 0.340 e. The average molecular weight is 304 g/mol. The van der Waals surface area contributed by atoms with E-state index in [-0.39, 0.29) is 10.6 Å². The van der Waals surface area contributed by atoms with Crippen molar-refractivity contribution >= 4 is 16.0 Å². The third-order valence-electron chi connectivity index (χ3n) is 2.70. The van der Waals surface area contributed by atoms with Crippen molar-refractivity contribution in [1.29, 1.82) is 0 Å².